The van der Waals surface area contributed by atoms with Crippen molar-refractivity contribution in [1.29, 1.82) is 0 Å². The smallest absolute Gasteiger partial charge is 0.144 e. The number of nitrogen functional groups attached to an aromatic ring is 1. The molecule has 0 aromatic heterocycles. The second-order valence-electron chi connectivity index (χ2n) is 4.85. The van der Waals surface area contributed by atoms with Crippen molar-refractivity contribution < 1.29 is 4.74 Å². The van der Waals surface area contributed by atoms with Crippen LogP contribution in [0.15, 0.2) is 42.5 Å². The lowest BCUT2D eigenvalue weighted by atomic mass is 9.89. The van der Waals surface area contributed by atoms with Crippen LogP contribution in [0.1, 0.15) is 30.1 Å². The fraction of sp³-hybridized carbons (Fsp3) is 0.250. The molecule has 1 atom stereocenters. The number of fused-ring (bicyclic) bond motifs is 1. The quantitative estimate of drug-likeness (QED) is 0.824. The number of aryl methyl sites for hydroxylation is 1. The molecule has 2 nitrogen and oxygen atoms in total. The normalized spacial score (nSPS) is 17.8. The van der Waals surface area contributed by atoms with E-state index >= 15 is 0 Å². The minimum atomic E-state index is 0.0747. The van der Waals surface area contributed by atoms with E-state index in [2.05, 4.69) is 24.3 Å². The van der Waals surface area contributed by atoms with Crippen LogP contribution in [0.3, 0.4) is 0 Å². The molecule has 0 amide bonds. The summed E-state index contributed by atoms with van der Waals surface area (Å²) >= 11 is 6.03. The Balaban J connectivity index is 1.91. The van der Waals surface area contributed by atoms with E-state index in [1.807, 2.05) is 12.1 Å². The number of hydrogen-bond acceptors (Lipinski definition) is 2. The second-order valence-corrected chi connectivity index (χ2v) is 5.26. The molecular weight excluding hydrogens is 258 g/mol. The van der Waals surface area contributed by atoms with Crippen LogP contribution in [-0.4, -0.2) is 0 Å². The van der Waals surface area contributed by atoms with E-state index in [0.29, 0.717) is 16.5 Å². The van der Waals surface area contributed by atoms with E-state index in [0.717, 1.165) is 19.3 Å². The Morgan fingerprint density at radius 3 is 2.84 bits per heavy atom. The van der Waals surface area contributed by atoms with Crippen LogP contribution in [0.2, 0.25) is 5.02 Å². The minimum Gasteiger partial charge on any atom is -0.484 e. The fourth-order valence-corrected chi connectivity index (χ4v) is 2.77. The largest absolute Gasteiger partial charge is 0.484 e. The molecule has 3 rings (SSSR count). The Kier molecular flexibility index (Phi) is 3.34. The summed E-state index contributed by atoms with van der Waals surface area (Å²) in [5.41, 5.74) is 9.13. The Morgan fingerprint density at radius 1 is 1.11 bits per heavy atom. The van der Waals surface area contributed by atoms with Crippen molar-refractivity contribution in [3.63, 3.8) is 0 Å². The van der Waals surface area contributed by atoms with Crippen LogP contribution < -0.4 is 10.5 Å². The third-order valence-electron chi connectivity index (χ3n) is 3.60. The topological polar surface area (TPSA) is 35.2 Å². The number of hydrogen-bond donors (Lipinski definition) is 1. The maximum Gasteiger partial charge on any atom is 0.144 e. The van der Waals surface area contributed by atoms with E-state index in [9.17, 15) is 0 Å². The van der Waals surface area contributed by atoms with Gasteiger partial charge in [-0.05, 0) is 42.5 Å². The van der Waals surface area contributed by atoms with E-state index in [4.69, 9.17) is 22.1 Å². The number of halogens is 1. The van der Waals surface area contributed by atoms with Crippen LogP contribution in [0.25, 0.3) is 0 Å². The zero-order valence-corrected chi connectivity index (χ0v) is 11.4. The van der Waals surface area contributed by atoms with Gasteiger partial charge in [0.05, 0.1) is 10.7 Å². The van der Waals surface area contributed by atoms with Gasteiger partial charge in [0.15, 0.2) is 0 Å². The van der Waals surface area contributed by atoms with Gasteiger partial charge in [0.2, 0.25) is 0 Å². The van der Waals surface area contributed by atoms with E-state index in [1.54, 1.807) is 6.07 Å². The molecule has 98 valence electrons. The molecular formula is C16H16ClNO. The van der Waals surface area contributed by atoms with Gasteiger partial charge in [-0.3, -0.25) is 0 Å². The van der Waals surface area contributed by atoms with Crippen molar-refractivity contribution in [2.45, 2.75) is 25.4 Å². The number of anilines is 1. The summed E-state index contributed by atoms with van der Waals surface area (Å²) in [7, 11) is 0. The molecule has 2 aromatic rings. The van der Waals surface area contributed by atoms with Gasteiger partial charge in [0, 0.05) is 0 Å². The molecule has 1 aliphatic rings. The van der Waals surface area contributed by atoms with Gasteiger partial charge in [-0.25, -0.2) is 0 Å². The van der Waals surface area contributed by atoms with Crippen LogP contribution in [0.4, 0.5) is 5.69 Å². The molecule has 2 N–H and O–H groups in total. The summed E-state index contributed by atoms with van der Waals surface area (Å²) in [6.45, 7) is 0. The van der Waals surface area contributed by atoms with Crippen molar-refractivity contribution >= 4 is 17.3 Å². The Labute approximate surface area is 118 Å². The molecule has 0 bridgehead atoms. The van der Waals surface area contributed by atoms with Crippen molar-refractivity contribution in [3.05, 3.63) is 58.6 Å². The number of benzene rings is 2. The highest BCUT2D eigenvalue weighted by Crippen LogP contribution is 2.37. The third kappa shape index (κ3) is 2.41. The Hall–Kier alpha value is -1.67. The molecule has 2 aromatic carbocycles. The van der Waals surface area contributed by atoms with Gasteiger partial charge in [-0.2, -0.15) is 0 Å². The van der Waals surface area contributed by atoms with Gasteiger partial charge in [-0.15, -0.1) is 0 Å². The lowest BCUT2D eigenvalue weighted by molar-refractivity contribution is 0.184. The Bertz CT molecular complexity index is 597. The van der Waals surface area contributed by atoms with E-state index < -0.39 is 0 Å². The summed E-state index contributed by atoms with van der Waals surface area (Å²) in [6, 6.07) is 14.0. The van der Waals surface area contributed by atoms with Gasteiger partial charge >= 0.3 is 0 Å². The average molecular weight is 274 g/mol. The molecule has 0 aliphatic heterocycles. The van der Waals surface area contributed by atoms with Crippen LogP contribution in [0, 0.1) is 0 Å². The molecule has 0 saturated heterocycles. The maximum atomic E-state index is 6.08. The predicted molar refractivity (Wildman–Crippen MR) is 78.6 cm³/mol. The SMILES string of the molecule is Nc1c(Cl)cccc1OC1CCCc2ccccc21. The van der Waals surface area contributed by atoms with Crippen molar-refractivity contribution in [2.75, 3.05) is 5.73 Å². The molecule has 0 radical (unpaired) electrons. The molecule has 1 aliphatic carbocycles. The van der Waals surface area contributed by atoms with E-state index in [1.165, 1.54) is 11.1 Å². The average Bonchev–Trinajstić information content (AvgIpc) is 2.44. The molecule has 0 spiro atoms. The highest BCUT2D eigenvalue weighted by Gasteiger charge is 2.22. The highest BCUT2D eigenvalue weighted by molar-refractivity contribution is 6.33. The molecule has 0 heterocycles. The van der Waals surface area contributed by atoms with Gasteiger partial charge in [-0.1, -0.05) is 41.9 Å². The summed E-state index contributed by atoms with van der Waals surface area (Å²) < 4.78 is 6.08. The standard InChI is InChI=1S/C16H16ClNO/c17-13-8-4-10-15(16(13)18)19-14-9-3-6-11-5-1-2-7-12(11)14/h1-2,4-5,7-8,10,14H,3,6,9,18H2. The lowest BCUT2D eigenvalue weighted by Crippen LogP contribution is -2.15. The zero-order valence-electron chi connectivity index (χ0n) is 10.6. The van der Waals surface area contributed by atoms with Crippen molar-refractivity contribution in [3.8, 4) is 5.75 Å². The zero-order chi connectivity index (χ0) is 13.2. The van der Waals surface area contributed by atoms with Crippen LogP contribution in [-0.2, 0) is 6.42 Å². The predicted octanol–water partition coefficient (Wildman–Crippen LogP) is 4.38. The molecule has 0 fully saturated rings. The fourth-order valence-electron chi connectivity index (χ4n) is 2.61. The summed E-state index contributed by atoms with van der Waals surface area (Å²) in [5, 5.41) is 0.543. The first-order valence-corrected chi connectivity index (χ1v) is 6.92. The second kappa shape index (κ2) is 5.14. The number of para-hydroxylation sites is 1. The lowest BCUT2D eigenvalue weighted by Gasteiger charge is -2.26. The van der Waals surface area contributed by atoms with E-state index in [-0.39, 0.29) is 6.10 Å². The number of nitrogens with two attached hydrogens (primary N) is 1. The van der Waals surface area contributed by atoms with Crippen molar-refractivity contribution in [1.82, 2.24) is 0 Å². The number of ether oxygens (including phenoxy) is 1. The van der Waals surface area contributed by atoms with Gasteiger partial charge in [0.1, 0.15) is 11.9 Å². The Morgan fingerprint density at radius 2 is 1.95 bits per heavy atom. The molecule has 19 heavy (non-hydrogen) atoms. The van der Waals surface area contributed by atoms with Gasteiger partial charge < -0.3 is 10.5 Å². The molecule has 0 saturated carbocycles. The molecule has 3 heteroatoms. The first kappa shape index (κ1) is 12.4. The van der Waals surface area contributed by atoms with Crippen LogP contribution in [0.5, 0.6) is 5.75 Å². The summed E-state index contributed by atoms with van der Waals surface area (Å²) in [5.74, 6) is 0.675. The highest BCUT2D eigenvalue weighted by atomic mass is 35.5. The minimum absolute atomic E-state index is 0.0747. The number of rotatable bonds is 2. The summed E-state index contributed by atoms with van der Waals surface area (Å²) in [6.07, 6.45) is 3.36. The summed E-state index contributed by atoms with van der Waals surface area (Å²) in [4.78, 5) is 0. The first-order chi connectivity index (χ1) is 9.25. The monoisotopic (exact) mass is 273 g/mol. The van der Waals surface area contributed by atoms with Crippen molar-refractivity contribution in [2.24, 2.45) is 0 Å². The molecule has 1 unspecified atom stereocenters. The van der Waals surface area contributed by atoms with Crippen LogP contribution >= 0.6 is 11.6 Å². The first-order valence-electron chi connectivity index (χ1n) is 6.54. The van der Waals surface area contributed by atoms with Gasteiger partial charge in [0.25, 0.3) is 0 Å². The third-order valence-corrected chi connectivity index (χ3v) is 3.93. The maximum absolute atomic E-state index is 6.08.